The molecule has 0 heterocycles. The maximum absolute atomic E-state index is 12.3. The molecule has 0 aliphatic rings. The first-order chi connectivity index (χ1) is 15.2. The molecule has 0 fully saturated rings. The molecule has 32 heavy (non-hydrogen) atoms. The van der Waals surface area contributed by atoms with E-state index in [1.165, 1.54) is 24.3 Å². The lowest BCUT2D eigenvalue weighted by Crippen LogP contribution is -2.49. The molecule has 0 aromatic heterocycles. The lowest BCUT2D eigenvalue weighted by atomic mass is 10.2. The fraction of sp³-hybridized carbons (Fsp3) is 0.250. The summed E-state index contributed by atoms with van der Waals surface area (Å²) in [5, 5.41) is 12.9. The number of hydrazine groups is 1. The summed E-state index contributed by atoms with van der Waals surface area (Å²) < 4.78 is 11.5. The first-order valence-electron chi connectivity index (χ1n) is 9.35. The molecule has 0 unspecified atom stereocenters. The van der Waals surface area contributed by atoms with Crippen LogP contribution in [0.1, 0.15) is 24.2 Å². The lowest BCUT2D eigenvalue weighted by molar-refractivity contribution is -0.384. The third-order valence-electron chi connectivity index (χ3n) is 3.73. The van der Waals surface area contributed by atoms with Crippen molar-refractivity contribution in [1.29, 1.82) is 0 Å². The van der Waals surface area contributed by atoms with Gasteiger partial charge in [0.05, 0.1) is 16.0 Å². The molecule has 0 spiro atoms. The van der Waals surface area contributed by atoms with E-state index in [4.69, 9.17) is 21.7 Å². The summed E-state index contributed by atoms with van der Waals surface area (Å²) in [5.41, 5.74) is 4.93. The van der Waals surface area contributed by atoms with Crippen molar-refractivity contribution >= 4 is 50.8 Å². The third kappa shape index (κ3) is 8.12. The molecule has 0 aliphatic carbocycles. The molecule has 0 radical (unpaired) electrons. The summed E-state index contributed by atoms with van der Waals surface area (Å²) in [6.07, 6.45) is 0. The third-order valence-corrected chi connectivity index (χ3v) is 4.55. The van der Waals surface area contributed by atoms with Crippen molar-refractivity contribution in [3.05, 3.63) is 62.6 Å². The predicted octanol–water partition coefficient (Wildman–Crippen LogP) is 3.11. The second-order valence-electron chi connectivity index (χ2n) is 6.85. The molecule has 0 atom stereocenters. The SMILES string of the molecule is CC(C)COc1ccc(C(=O)NC(=S)NNC(=O)COc2ccc([N+](=O)[O-])cc2)cc1Br. The smallest absolute Gasteiger partial charge is 0.276 e. The molecule has 12 heteroatoms. The maximum atomic E-state index is 12.3. The molecule has 2 aromatic carbocycles. The predicted molar refractivity (Wildman–Crippen MR) is 124 cm³/mol. The van der Waals surface area contributed by atoms with Crippen LogP contribution in [0.2, 0.25) is 0 Å². The molecule has 0 saturated carbocycles. The van der Waals surface area contributed by atoms with Crippen molar-refractivity contribution in [1.82, 2.24) is 16.2 Å². The van der Waals surface area contributed by atoms with Crippen molar-refractivity contribution in [3.63, 3.8) is 0 Å². The molecule has 2 amide bonds. The minimum Gasteiger partial charge on any atom is -0.492 e. The Morgan fingerprint density at radius 2 is 1.81 bits per heavy atom. The minimum absolute atomic E-state index is 0.0886. The number of halogens is 1. The standard InChI is InChI=1S/C20H21BrN4O6S/c1-12(2)10-31-17-8-3-13(9-16(17)21)19(27)22-20(32)24-23-18(26)11-30-15-6-4-14(5-7-15)25(28)29/h3-9,12H,10-11H2,1-2H3,(H,23,26)(H2,22,24,27,32). The summed E-state index contributed by atoms with van der Waals surface area (Å²) in [4.78, 5) is 34.3. The number of rotatable bonds is 8. The zero-order valence-electron chi connectivity index (χ0n) is 17.2. The number of benzene rings is 2. The van der Waals surface area contributed by atoms with Gasteiger partial charge in [-0.05, 0) is 64.4 Å². The van der Waals surface area contributed by atoms with E-state index in [1.54, 1.807) is 18.2 Å². The topological polar surface area (TPSA) is 132 Å². The molecule has 3 N–H and O–H groups in total. The Labute approximate surface area is 197 Å². The van der Waals surface area contributed by atoms with E-state index in [2.05, 4.69) is 32.1 Å². The Kier molecular flexibility index (Phi) is 9.35. The molecular weight excluding hydrogens is 504 g/mol. The normalized spacial score (nSPS) is 10.2. The molecule has 2 rings (SSSR count). The molecule has 0 saturated heterocycles. The van der Waals surface area contributed by atoms with Gasteiger partial charge in [0.2, 0.25) is 0 Å². The van der Waals surface area contributed by atoms with E-state index in [1.807, 2.05) is 13.8 Å². The van der Waals surface area contributed by atoms with Gasteiger partial charge in [-0.1, -0.05) is 13.8 Å². The Hall–Kier alpha value is -3.25. The molecule has 10 nitrogen and oxygen atoms in total. The van der Waals surface area contributed by atoms with Gasteiger partial charge in [0.25, 0.3) is 17.5 Å². The molecule has 0 aliphatic heterocycles. The van der Waals surface area contributed by atoms with Crippen LogP contribution in [0, 0.1) is 16.0 Å². The monoisotopic (exact) mass is 524 g/mol. The van der Waals surface area contributed by atoms with Gasteiger partial charge in [0.1, 0.15) is 11.5 Å². The van der Waals surface area contributed by atoms with Gasteiger partial charge in [-0.2, -0.15) is 0 Å². The largest absolute Gasteiger partial charge is 0.492 e. The number of carbonyl (C=O) groups is 2. The van der Waals surface area contributed by atoms with Crippen molar-refractivity contribution in [2.75, 3.05) is 13.2 Å². The van der Waals surface area contributed by atoms with Gasteiger partial charge in [-0.15, -0.1) is 0 Å². The van der Waals surface area contributed by atoms with Crippen molar-refractivity contribution < 1.29 is 24.0 Å². The van der Waals surface area contributed by atoms with Crippen LogP contribution in [0.4, 0.5) is 5.69 Å². The first kappa shape index (κ1) is 25.0. The summed E-state index contributed by atoms with van der Waals surface area (Å²) in [6.45, 7) is 4.24. The van der Waals surface area contributed by atoms with Crippen LogP contribution in [0.5, 0.6) is 11.5 Å². The van der Waals surface area contributed by atoms with E-state index in [0.717, 1.165) is 0 Å². The summed E-state index contributed by atoms with van der Waals surface area (Å²) in [5.74, 6) is 0.219. The van der Waals surface area contributed by atoms with Gasteiger partial charge in [0, 0.05) is 17.7 Å². The van der Waals surface area contributed by atoms with Gasteiger partial charge in [-0.3, -0.25) is 35.9 Å². The summed E-state index contributed by atoms with van der Waals surface area (Å²) >= 11 is 8.37. The minimum atomic E-state index is -0.575. The zero-order chi connectivity index (χ0) is 23.7. The number of nitrogens with zero attached hydrogens (tertiary/aromatic N) is 1. The van der Waals surface area contributed by atoms with E-state index in [9.17, 15) is 19.7 Å². The van der Waals surface area contributed by atoms with Crippen LogP contribution < -0.4 is 25.6 Å². The summed E-state index contributed by atoms with van der Waals surface area (Å²) in [6, 6.07) is 10.1. The number of non-ortho nitro benzene ring substituents is 1. The van der Waals surface area contributed by atoms with Crippen molar-refractivity contribution in [2.45, 2.75) is 13.8 Å². The van der Waals surface area contributed by atoms with Crippen LogP contribution in [-0.2, 0) is 4.79 Å². The Balaban J connectivity index is 1.77. The highest BCUT2D eigenvalue weighted by atomic mass is 79.9. The highest BCUT2D eigenvalue weighted by Crippen LogP contribution is 2.26. The number of hydrogen-bond acceptors (Lipinski definition) is 7. The number of nitrogens with one attached hydrogen (secondary N) is 3. The number of nitro benzene ring substituents is 1. The lowest BCUT2D eigenvalue weighted by Gasteiger charge is -2.13. The van der Waals surface area contributed by atoms with Crippen molar-refractivity contribution in [3.8, 4) is 11.5 Å². The maximum Gasteiger partial charge on any atom is 0.276 e. The van der Waals surface area contributed by atoms with Gasteiger partial charge < -0.3 is 9.47 Å². The average molecular weight is 525 g/mol. The van der Waals surface area contributed by atoms with Crippen LogP contribution in [0.15, 0.2) is 46.9 Å². The molecular formula is C20H21BrN4O6S. The Morgan fingerprint density at radius 1 is 1.12 bits per heavy atom. The van der Waals surface area contributed by atoms with Crippen LogP contribution in [0.3, 0.4) is 0 Å². The highest BCUT2D eigenvalue weighted by molar-refractivity contribution is 9.10. The number of nitro groups is 1. The van der Waals surface area contributed by atoms with Gasteiger partial charge in [0.15, 0.2) is 11.7 Å². The van der Waals surface area contributed by atoms with Crippen LogP contribution >= 0.6 is 28.1 Å². The van der Waals surface area contributed by atoms with E-state index in [0.29, 0.717) is 28.3 Å². The molecule has 170 valence electrons. The molecule has 0 bridgehead atoms. The fourth-order valence-electron chi connectivity index (χ4n) is 2.20. The zero-order valence-corrected chi connectivity index (χ0v) is 19.6. The Bertz CT molecular complexity index is 1000. The number of hydrogen-bond donors (Lipinski definition) is 3. The van der Waals surface area contributed by atoms with Gasteiger partial charge in [-0.25, -0.2) is 0 Å². The first-order valence-corrected chi connectivity index (χ1v) is 10.6. The number of carbonyl (C=O) groups excluding carboxylic acids is 2. The van der Waals surface area contributed by atoms with E-state index >= 15 is 0 Å². The second kappa shape index (κ2) is 12.0. The van der Waals surface area contributed by atoms with Crippen LogP contribution in [-0.4, -0.2) is 35.1 Å². The Morgan fingerprint density at radius 3 is 2.41 bits per heavy atom. The van der Waals surface area contributed by atoms with Gasteiger partial charge >= 0.3 is 0 Å². The van der Waals surface area contributed by atoms with E-state index in [-0.39, 0.29) is 23.2 Å². The van der Waals surface area contributed by atoms with Crippen molar-refractivity contribution in [2.24, 2.45) is 5.92 Å². The average Bonchev–Trinajstić information content (AvgIpc) is 2.75. The summed E-state index contributed by atoms with van der Waals surface area (Å²) in [7, 11) is 0. The number of thiocarbonyl (C=S) groups is 1. The number of ether oxygens (including phenoxy) is 2. The molecule has 2 aromatic rings. The second-order valence-corrected chi connectivity index (χ2v) is 8.11. The fourth-order valence-corrected chi connectivity index (χ4v) is 2.83. The van der Waals surface area contributed by atoms with Crippen LogP contribution in [0.25, 0.3) is 0 Å². The highest BCUT2D eigenvalue weighted by Gasteiger charge is 2.12. The quantitative estimate of drug-likeness (QED) is 0.272. The van der Waals surface area contributed by atoms with E-state index < -0.39 is 16.7 Å². The number of amides is 2.